The van der Waals surface area contributed by atoms with Gasteiger partial charge in [0.1, 0.15) is 0 Å². The average molecular weight is 222 g/mol. The van der Waals surface area contributed by atoms with Gasteiger partial charge in [-0.25, -0.2) is 0 Å². The zero-order valence-electron chi connectivity index (χ0n) is 10.3. The molecule has 2 aliphatic carbocycles. The lowest BCUT2D eigenvalue weighted by atomic mass is 9.75. The van der Waals surface area contributed by atoms with Gasteiger partial charge in [0, 0.05) is 13.5 Å². The summed E-state index contributed by atoms with van der Waals surface area (Å²) >= 11 is 0. The van der Waals surface area contributed by atoms with E-state index in [9.17, 15) is 4.79 Å². The van der Waals surface area contributed by atoms with Crippen LogP contribution in [-0.2, 0) is 9.53 Å². The van der Waals surface area contributed by atoms with Crippen LogP contribution in [0.2, 0.25) is 0 Å². The summed E-state index contributed by atoms with van der Waals surface area (Å²) in [5.41, 5.74) is 0.963. The molecule has 0 heterocycles. The molecule has 0 aromatic carbocycles. The molecule has 1 saturated carbocycles. The molecule has 0 bridgehead atoms. The van der Waals surface area contributed by atoms with Gasteiger partial charge in [0.05, 0.1) is 5.60 Å². The fraction of sp³-hybridized carbons (Fsp3) is 0.786. The first-order valence-electron chi connectivity index (χ1n) is 6.53. The summed E-state index contributed by atoms with van der Waals surface area (Å²) in [5, 5.41) is 0. The summed E-state index contributed by atoms with van der Waals surface area (Å²) in [7, 11) is 1.74. The molecule has 16 heavy (non-hydrogen) atoms. The minimum atomic E-state index is -0.107. The van der Waals surface area contributed by atoms with Crippen molar-refractivity contribution in [3.8, 4) is 0 Å². The van der Waals surface area contributed by atoms with E-state index >= 15 is 0 Å². The Morgan fingerprint density at radius 2 is 2.12 bits per heavy atom. The Kier molecular flexibility index (Phi) is 3.80. The van der Waals surface area contributed by atoms with E-state index in [1.54, 1.807) is 7.11 Å². The van der Waals surface area contributed by atoms with Crippen LogP contribution in [0.5, 0.6) is 0 Å². The van der Waals surface area contributed by atoms with Gasteiger partial charge in [-0.3, -0.25) is 4.79 Å². The third-order valence-electron chi connectivity index (χ3n) is 4.08. The lowest BCUT2D eigenvalue weighted by molar-refractivity contribution is -0.128. The van der Waals surface area contributed by atoms with E-state index in [4.69, 9.17) is 4.74 Å². The first-order chi connectivity index (χ1) is 7.76. The number of rotatable bonds is 4. The van der Waals surface area contributed by atoms with E-state index in [2.05, 4.69) is 6.08 Å². The second-order valence-corrected chi connectivity index (χ2v) is 5.17. The Balaban J connectivity index is 1.93. The Hall–Kier alpha value is -0.630. The molecule has 2 aliphatic rings. The molecule has 2 nitrogen and oxygen atoms in total. The van der Waals surface area contributed by atoms with Gasteiger partial charge >= 0.3 is 0 Å². The van der Waals surface area contributed by atoms with Crippen molar-refractivity contribution >= 4 is 5.78 Å². The predicted octanol–water partition coefficient (Wildman–Crippen LogP) is 3.41. The molecule has 0 spiro atoms. The van der Waals surface area contributed by atoms with Crippen LogP contribution in [0.3, 0.4) is 0 Å². The largest absolute Gasteiger partial charge is 0.378 e. The number of carbonyl (C=O) groups is 1. The van der Waals surface area contributed by atoms with Crippen LogP contribution in [0.1, 0.15) is 57.8 Å². The second-order valence-electron chi connectivity index (χ2n) is 5.17. The summed E-state index contributed by atoms with van der Waals surface area (Å²) in [4.78, 5) is 12.2. The molecule has 0 amide bonds. The SMILES string of the molecule is COC1(CC(=O)C2=CCCCCC2)CCC1. The highest BCUT2D eigenvalue weighted by atomic mass is 16.5. The maximum absolute atomic E-state index is 12.2. The van der Waals surface area contributed by atoms with Gasteiger partial charge in [-0.1, -0.05) is 12.5 Å². The van der Waals surface area contributed by atoms with Crippen molar-refractivity contribution in [2.75, 3.05) is 7.11 Å². The van der Waals surface area contributed by atoms with Crippen LogP contribution in [0.15, 0.2) is 11.6 Å². The Morgan fingerprint density at radius 1 is 1.31 bits per heavy atom. The van der Waals surface area contributed by atoms with Gasteiger partial charge in [-0.2, -0.15) is 0 Å². The number of carbonyl (C=O) groups excluding carboxylic acids is 1. The fourth-order valence-electron chi connectivity index (χ4n) is 2.70. The van der Waals surface area contributed by atoms with Crippen molar-refractivity contribution in [1.82, 2.24) is 0 Å². The second kappa shape index (κ2) is 5.13. The number of ether oxygens (including phenoxy) is 1. The maximum atomic E-state index is 12.2. The van der Waals surface area contributed by atoms with E-state index in [-0.39, 0.29) is 5.60 Å². The van der Waals surface area contributed by atoms with E-state index in [1.807, 2.05) is 0 Å². The molecule has 2 rings (SSSR count). The van der Waals surface area contributed by atoms with Crippen LogP contribution in [0.4, 0.5) is 0 Å². The molecule has 0 aromatic heterocycles. The highest BCUT2D eigenvalue weighted by Crippen LogP contribution is 2.39. The highest BCUT2D eigenvalue weighted by molar-refractivity contribution is 5.96. The molecule has 0 unspecified atom stereocenters. The number of hydrogen-bond donors (Lipinski definition) is 0. The van der Waals surface area contributed by atoms with Crippen molar-refractivity contribution < 1.29 is 9.53 Å². The summed E-state index contributed by atoms with van der Waals surface area (Å²) in [6.45, 7) is 0. The molecule has 0 aliphatic heterocycles. The van der Waals surface area contributed by atoms with Crippen molar-refractivity contribution in [3.63, 3.8) is 0 Å². The van der Waals surface area contributed by atoms with Crippen LogP contribution < -0.4 is 0 Å². The number of allylic oxidation sites excluding steroid dienone is 2. The number of methoxy groups -OCH3 is 1. The van der Waals surface area contributed by atoms with Crippen molar-refractivity contribution in [2.24, 2.45) is 0 Å². The van der Waals surface area contributed by atoms with E-state index in [0.717, 1.165) is 31.3 Å². The van der Waals surface area contributed by atoms with Crippen molar-refractivity contribution in [3.05, 3.63) is 11.6 Å². The van der Waals surface area contributed by atoms with E-state index < -0.39 is 0 Å². The Labute approximate surface area is 98.1 Å². The quantitative estimate of drug-likeness (QED) is 0.728. The van der Waals surface area contributed by atoms with Gasteiger partial charge in [0.25, 0.3) is 0 Å². The molecule has 1 fully saturated rings. The zero-order chi connectivity index (χ0) is 11.4. The molecule has 0 saturated heterocycles. The number of Topliss-reactive ketones (excluding diaryl/α,β-unsaturated/α-hetero) is 1. The smallest absolute Gasteiger partial charge is 0.161 e. The lowest BCUT2D eigenvalue weighted by Gasteiger charge is -2.40. The molecular formula is C14H22O2. The van der Waals surface area contributed by atoms with Gasteiger partial charge in [0.2, 0.25) is 0 Å². The molecule has 2 heteroatoms. The summed E-state index contributed by atoms with van der Waals surface area (Å²) in [5.74, 6) is 0.337. The summed E-state index contributed by atoms with van der Waals surface area (Å²) < 4.78 is 5.52. The fourth-order valence-corrected chi connectivity index (χ4v) is 2.70. The predicted molar refractivity (Wildman–Crippen MR) is 64.4 cm³/mol. The van der Waals surface area contributed by atoms with Crippen molar-refractivity contribution in [2.45, 2.75) is 63.4 Å². The lowest BCUT2D eigenvalue weighted by Crippen LogP contribution is -2.41. The van der Waals surface area contributed by atoms with Gasteiger partial charge in [-0.05, 0) is 50.5 Å². The van der Waals surface area contributed by atoms with Gasteiger partial charge in [-0.15, -0.1) is 0 Å². The molecule has 0 aromatic rings. The minimum absolute atomic E-state index is 0.107. The zero-order valence-corrected chi connectivity index (χ0v) is 10.3. The Morgan fingerprint density at radius 3 is 2.75 bits per heavy atom. The Bertz CT molecular complexity index is 282. The molecular weight excluding hydrogens is 200 g/mol. The first kappa shape index (κ1) is 11.8. The molecule has 0 radical (unpaired) electrons. The van der Waals surface area contributed by atoms with E-state index in [0.29, 0.717) is 12.2 Å². The molecule has 90 valence electrons. The van der Waals surface area contributed by atoms with Crippen LogP contribution >= 0.6 is 0 Å². The van der Waals surface area contributed by atoms with Crippen molar-refractivity contribution in [1.29, 1.82) is 0 Å². The number of ketones is 1. The topological polar surface area (TPSA) is 26.3 Å². The van der Waals surface area contributed by atoms with Gasteiger partial charge in [0.15, 0.2) is 5.78 Å². The molecule has 0 N–H and O–H groups in total. The van der Waals surface area contributed by atoms with Crippen LogP contribution in [0.25, 0.3) is 0 Å². The number of hydrogen-bond acceptors (Lipinski definition) is 2. The first-order valence-corrected chi connectivity index (χ1v) is 6.53. The maximum Gasteiger partial charge on any atom is 0.161 e. The van der Waals surface area contributed by atoms with Crippen LogP contribution in [-0.4, -0.2) is 18.5 Å². The third kappa shape index (κ3) is 2.54. The monoisotopic (exact) mass is 222 g/mol. The molecule has 0 atom stereocenters. The average Bonchev–Trinajstić information content (AvgIpc) is 2.51. The highest BCUT2D eigenvalue weighted by Gasteiger charge is 2.39. The standard InChI is InChI=1S/C14H22O2/c1-16-14(9-6-10-14)11-13(15)12-7-4-2-3-5-8-12/h7H,2-6,8-11H2,1H3. The normalized spacial score (nSPS) is 24.2. The summed E-state index contributed by atoms with van der Waals surface area (Å²) in [6.07, 6.45) is 11.9. The third-order valence-corrected chi connectivity index (χ3v) is 4.08. The van der Waals surface area contributed by atoms with Gasteiger partial charge < -0.3 is 4.74 Å². The summed E-state index contributed by atoms with van der Waals surface area (Å²) in [6, 6.07) is 0. The minimum Gasteiger partial charge on any atom is -0.378 e. The van der Waals surface area contributed by atoms with E-state index in [1.165, 1.54) is 25.7 Å². The van der Waals surface area contributed by atoms with Crippen LogP contribution in [0, 0.1) is 0 Å².